The molecule has 2 aromatic carbocycles. The monoisotopic (exact) mass is 509 g/mol. The van der Waals surface area contributed by atoms with Crippen molar-refractivity contribution in [1.82, 2.24) is 15.2 Å². The average Bonchev–Trinajstić information content (AvgIpc) is 3.30. The molecule has 36 heavy (non-hydrogen) atoms. The largest absolute Gasteiger partial charge is 0.486 e. The van der Waals surface area contributed by atoms with E-state index in [1.807, 2.05) is 26.2 Å². The molecule has 0 spiro atoms. The highest BCUT2D eigenvalue weighted by Gasteiger charge is 2.28. The van der Waals surface area contributed by atoms with Crippen molar-refractivity contribution in [1.29, 1.82) is 0 Å². The molecule has 2 heterocycles. The van der Waals surface area contributed by atoms with Gasteiger partial charge >= 0.3 is 0 Å². The number of ether oxygens (including phenoxy) is 4. The number of aromatic nitrogens is 1. The van der Waals surface area contributed by atoms with E-state index in [1.165, 1.54) is 11.1 Å². The van der Waals surface area contributed by atoms with Gasteiger partial charge in [-0.25, -0.2) is 0 Å². The second kappa shape index (κ2) is 10.9. The van der Waals surface area contributed by atoms with E-state index in [2.05, 4.69) is 45.5 Å². The summed E-state index contributed by atoms with van der Waals surface area (Å²) in [4.78, 5) is 6.74. The Labute approximate surface area is 217 Å². The number of rotatable bonds is 9. The Bertz CT molecular complexity index is 1230. The first-order valence-corrected chi connectivity index (χ1v) is 12.7. The zero-order valence-electron chi connectivity index (χ0n) is 21.0. The third kappa shape index (κ3) is 5.24. The molecule has 190 valence electrons. The quantitative estimate of drug-likeness (QED) is 0.411. The lowest BCUT2D eigenvalue weighted by atomic mass is 9.96. The summed E-state index contributed by atoms with van der Waals surface area (Å²) in [5, 5.41) is 3.89. The van der Waals surface area contributed by atoms with Gasteiger partial charge in [0, 0.05) is 25.2 Å². The van der Waals surface area contributed by atoms with E-state index in [4.69, 9.17) is 30.5 Å². The van der Waals surface area contributed by atoms with Crippen molar-refractivity contribution >= 4 is 11.6 Å². The smallest absolute Gasteiger partial charge is 0.236 e. The first-order valence-electron chi connectivity index (χ1n) is 12.3. The lowest BCUT2D eigenvalue weighted by Gasteiger charge is -2.20. The van der Waals surface area contributed by atoms with Crippen LogP contribution in [0.3, 0.4) is 0 Å². The van der Waals surface area contributed by atoms with Crippen molar-refractivity contribution in [3.05, 3.63) is 64.2 Å². The molecule has 1 aliphatic carbocycles. The summed E-state index contributed by atoms with van der Waals surface area (Å²) in [6, 6.07) is 14.4. The number of hydrogen-bond acceptors (Lipinski definition) is 7. The summed E-state index contributed by atoms with van der Waals surface area (Å²) < 4.78 is 23.4. The number of nitrogens with zero attached hydrogens (tertiary/aromatic N) is 2. The topological polar surface area (TPSA) is 65.1 Å². The second-order valence-electron chi connectivity index (χ2n) is 9.30. The number of fused-ring (bicyclic) bond motifs is 2. The van der Waals surface area contributed by atoms with Crippen molar-refractivity contribution in [2.45, 2.75) is 25.5 Å². The van der Waals surface area contributed by atoms with Gasteiger partial charge in [-0.3, -0.25) is 0 Å². The van der Waals surface area contributed by atoms with Gasteiger partial charge in [0.1, 0.15) is 24.3 Å². The van der Waals surface area contributed by atoms with Crippen LogP contribution in [-0.4, -0.2) is 57.4 Å². The van der Waals surface area contributed by atoms with Crippen LogP contribution in [0.15, 0.2) is 42.5 Å². The van der Waals surface area contributed by atoms with Crippen LogP contribution in [-0.2, 0) is 13.0 Å². The summed E-state index contributed by atoms with van der Waals surface area (Å²) in [7, 11) is 5.72. The Hall–Kier alpha value is -3.00. The van der Waals surface area contributed by atoms with Crippen LogP contribution in [0, 0.1) is 0 Å². The highest BCUT2D eigenvalue weighted by molar-refractivity contribution is 6.31. The molecular weight excluding hydrogens is 478 g/mol. The zero-order chi connectivity index (χ0) is 25.1. The summed E-state index contributed by atoms with van der Waals surface area (Å²) in [5.74, 6) is 2.51. The minimum Gasteiger partial charge on any atom is -0.486 e. The summed E-state index contributed by atoms with van der Waals surface area (Å²) in [6.07, 6.45) is 1.63. The Balaban J connectivity index is 1.35. The van der Waals surface area contributed by atoms with Crippen molar-refractivity contribution in [2.75, 3.05) is 47.5 Å². The van der Waals surface area contributed by atoms with Crippen LogP contribution in [0.25, 0.3) is 11.1 Å². The van der Waals surface area contributed by atoms with E-state index >= 15 is 0 Å². The molecule has 0 saturated carbocycles. The van der Waals surface area contributed by atoms with Crippen LogP contribution in [0.1, 0.15) is 29.2 Å². The van der Waals surface area contributed by atoms with E-state index in [1.54, 1.807) is 7.11 Å². The molecule has 8 heteroatoms. The maximum absolute atomic E-state index is 6.62. The molecule has 5 rings (SSSR count). The standard InChI is InChI=1S/C28H32ClN3O4/c1-32(2)12-11-30-17-19-15-23(29)28(31-27(19)33-3)36-24-10-8-21-20(5-4-6-22(21)24)18-7-9-25-26(16-18)35-14-13-34-25/h4-7,9,15-16,24,30H,8,10-14,17H2,1-3H3/t24-/m0/s1. The zero-order valence-corrected chi connectivity index (χ0v) is 21.7. The second-order valence-corrected chi connectivity index (χ2v) is 9.71. The first kappa shape index (κ1) is 24.7. The summed E-state index contributed by atoms with van der Waals surface area (Å²) in [6.45, 7) is 3.58. The number of hydrogen-bond donors (Lipinski definition) is 1. The average molecular weight is 510 g/mol. The van der Waals surface area contributed by atoms with Gasteiger partial charge in [-0.2, -0.15) is 4.98 Å². The fraction of sp³-hybridized carbons (Fsp3) is 0.393. The SMILES string of the molecule is COc1nc(O[C@H]2CCc3c(-c4ccc5c(c4)OCCO5)cccc32)c(Cl)cc1CNCCN(C)C. The van der Waals surface area contributed by atoms with Gasteiger partial charge in [0.2, 0.25) is 11.8 Å². The van der Waals surface area contributed by atoms with E-state index in [-0.39, 0.29) is 6.10 Å². The van der Waals surface area contributed by atoms with Crippen molar-refractivity contribution in [3.8, 4) is 34.4 Å². The summed E-state index contributed by atoms with van der Waals surface area (Å²) >= 11 is 6.62. The molecule has 1 N–H and O–H groups in total. The number of nitrogens with one attached hydrogen (secondary N) is 1. The first-order chi connectivity index (χ1) is 17.5. The highest BCUT2D eigenvalue weighted by Crippen LogP contribution is 2.43. The van der Waals surface area contributed by atoms with E-state index < -0.39 is 0 Å². The van der Waals surface area contributed by atoms with Crippen molar-refractivity contribution in [3.63, 3.8) is 0 Å². The Kier molecular flexibility index (Phi) is 7.51. The Morgan fingerprint density at radius 1 is 1.08 bits per heavy atom. The van der Waals surface area contributed by atoms with E-state index in [9.17, 15) is 0 Å². The molecular formula is C28H32ClN3O4. The minimum absolute atomic E-state index is 0.129. The molecule has 3 aromatic rings. The van der Waals surface area contributed by atoms with Crippen LogP contribution in [0.4, 0.5) is 0 Å². The number of benzene rings is 2. The Morgan fingerprint density at radius 3 is 2.72 bits per heavy atom. The van der Waals surface area contributed by atoms with Crippen molar-refractivity contribution < 1.29 is 18.9 Å². The predicted molar refractivity (Wildman–Crippen MR) is 141 cm³/mol. The van der Waals surface area contributed by atoms with Crippen LogP contribution in [0.5, 0.6) is 23.3 Å². The third-order valence-electron chi connectivity index (χ3n) is 6.55. The highest BCUT2D eigenvalue weighted by atomic mass is 35.5. The number of likely N-dealkylation sites (N-methyl/N-ethyl adjacent to an activating group) is 1. The predicted octanol–water partition coefficient (Wildman–Crippen LogP) is 4.90. The molecule has 0 saturated heterocycles. The van der Waals surface area contributed by atoms with Gasteiger partial charge in [-0.15, -0.1) is 0 Å². The van der Waals surface area contributed by atoms with Gasteiger partial charge in [-0.05, 0) is 67.4 Å². The summed E-state index contributed by atoms with van der Waals surface area (Å²) in [5.41, 5.74) is 5.64. The van der Waals surface area contributed by atoms with E-state index in [0.717, 1.165) is 54.1 Å². The molecule has 7 nitrogen and oxygen atoms in total. The molecule has 0 unspecified atom stereocenters. The normalized spacial score (nSPS) is 16.2. The van der Waals surface area contributed by atoms with Gasteiger partial charge < -0.3 is 29.2 Å². The molecule has 2 aliphatic rings. The number of pyridine rings is 1. The molecule has 0 bridgehead atoms. The molecule has 0 amide bonds. The third-order valence-corrected chi connectivity index (χ3v) is 6.82. The maximum atomic E-state index is 6.62. The van der Waals surface area contributed by atoms with E-state index in [0.29, 0.717) is 36.5 Å². The molecule has 1 atom stereocenters. The Morgan fingerprint density at radius 2 is 1.92 bits per heavy atom. The van der Waals surface area contributed by atoms with Crippen LogP contribution in [0.2, 0.25) is 5.02 Å². The molecule has 0 radical (unpaired) electrons. The van der Waals surface area contributed by atoms with Gasteiger partial charge in [0.25, 0.3) is 0 Å². The maximum Gasteiger partial charge on any atom is 0.236 e. The van der Waals surface area contributed by atoms with Gasteiger partial charge in [0.05, 0.1) is 7.11 Å². The fourth-order valence-electron chi connectivity index (χ4n) is 4.76. The van der Waals surface area contributed by atoms with Crippen molar-refractivity contribution in [2.24, 2.45) is 0 Å². The minimum atomic E-state index is -0.129. The number of methoxy groups -OCH3 is 1. The molecule has 1 aromatic heterocycles. The number of halogens is 1. The lowest BCUT2D eigenvalue weighted by Crippen LogP contribution is -2.26. The van der Waals surface area contributed by atoms with Crippen LogP contribution < -0.4 is 24.3 Å². The van der Waals surface area contributed by atoms with Crippen LogP contribution >= 0.6 is 11.6 Å². The molecule has 0 fully saturated rings. The fourth-order valence-corrected chi connectivity index (χ4v) is 4.98. The lowest BCUT2D eigenvalue weighted by molar-refractivity contribution is 0.171. The van der Waals surface area contributed by atoms with Gasteiger partial charge in [-0.1, -0.05) is 35.9 Å². The van der Waals surface area contributed by atoms with Gasteiger partial charge in [0.15, 0.2) is 11.5 Å². The molecule has 1 aliphatic heterocycles.